The molecular formula is C19H18BrN3O2. The summed E-state index contributed by atoms with van der Waals surface area (Å²) in [6.45, 7) is 0.320. The summed E-state index contributed by atoms with van der Waals surface area (Å²) < 4.78 is 0.944. The van der Waals surface area contributed by atoms with Crippen LogP contribution in [0.3, 0.4) is 0 Å². The minimum atomic E-state index is -0.244. The van der Waals surface area contributed by atoms with Gasteiger partial charge in [-0.25, -0.2) is 0 Å². The number of benzene rings is 2. The average molecular weight is 400 g/mol. The number of nitrogens with one attached hydrogen (secondary N) is 2. The molecule has 0 unspecified atom stereocenters. The van der Waals surface area contributed by atoms with E-state index in [2.05, 4.69) is 21.2 Å². The number of hydrogen-bond donors (Lipinski definition) is 2. The predicted molar refractivity (Wildman–Crippen MR) is 102 cm³/mol. The van der Waals surface area contributed by atoms with Crippen LogP contribution in [0.1, 0.15) is 39.1 Å². The lowest BCUT2D eigenvalue weighted by Gasteiger charge is -2.15. The fourth-order valence-electron chi connectivity index (χ4n) is 2.98. The zero-order valence-corrected chi connectivity index (χ0v) is 15.4. The largest absolute Gasteiger partial charge is 0.388 e. The number of halogens is 1. The molecule has 0 fully saturated rings. The summed E-state index contributed by atoms with van der Waals surface area (Å²) in [4.78, 5) is 25.9. The Kier molecular flexibility index (Phi) is 4.99. The summed E-state index contributed by atoms with van der Waals surface area (Å²) in [7, 11) is 1.82. The SMILES string of the molecule is CNc1cc(Br)ccc1C(=N)CCCN1C(=O)c2ccccc2C1=O. The highest BCUT2D eigenvalue weighted by Crippen LogP contribution is 2.25. The molecule has 0 saturated carbocycles. The molecule has 0 spiro atoms. The first-order valence-corrected chi connectivity index (χ1v) is 8.82. The van der Waals surface area contributed by atoms with Gasteiger partial charge in [-0.3, -0.25) is 14.5 Å². The summed E-state index contributed by atoms with van der Waals surface area (Å²) in [6.07, 6.45) is 1.05. The van der Waals surface area contributed by atoms with Gasteiger partial charge in [-0.05, 0) is 43.2 Å². The smallest absolute Gasteiger partial charge is 0.261 e. The summed E-state index contributed by atoms with van der Waals surface area (Å²) in [5, 5.41) is 11.4. The van der Waals surface area contributed by atoms with Crippen molar-refractivity contribution in [3.8, 4) is 0 Å². The molecule has 128 valence electrons. The molecule has 0 radical (unpaired) electrons. The van der Waals surface area contributed by atoms with Gasteiger partial charge in [-0.2, -0.15) is 0 Å². The van der Waals surface area contributed by atoms with E-state index in [-0.39, 0.29) is 11.8 Å². The van der Waals surface area contributed by atoms with E-state index in [9.17, 15) is 9.59 Å². The molecular weight excluding hydrogens is 382 g/mol. The first-order chi connectivity index (χ1) is 12.0. The molecule has 2 amide bonds. The minimum absolute atomic E-state index is 0.244. The molecule has 2 aromatic rings. The number of carbonyl (C=O) groups excluding carboxylic acids is 2. The Morgan fingerprint density at radius 3 is 2.36 bits per heavy atom. The first-order valence-electron chi connectivity index (χ1n) is 8.03. The summed E-state index contributed by atoms with van der Waals surface area (Å²) in [5.41, 5.74) is 3.11. The Balaban J connectivity index is 1.63. The number of fused-ring (bicyclic) bond motifs is 1. The van der Waals surface area contributed by atoms with Crippen LogP contribution in [0.5, 0.6) is 0 Å². The van der Waals surface area contributed by atoms with Crippen LogP contribution in [0, 0.1) is 5.41 Å². The highest BCUT2D eigenvalue weighted by atomic mass is 79.9. The monoisotopic (exact) mass is 399 g/mol. The molecule has 5 nitrogen and oxygen atoms in total. The molecule has 6 heteroatoms. The number of rotatable bonds is 6. The van der Waals surface area contributed by atoms with Crippen molar-refractivity contribution in [2.75, 3.05) is 18.9 Å². The fraction of sp³-hybridized carbons (Fsp3) is 0.211. The first kappa shape index (κ1) is 17.4. The van der Waals surface area contributed by atoms with Crippen LogP contribution in [0.4, 0.5) is 5.69 Å². The molecule has 1 aliphatic heterocycles. The van der Waals surface area contributed by atoms with E-state index in [0.717, 1.165) is 15.7 Å². The third-order valence-corrected chi connectivity index (χ3v) is 4.76. The zero-order valence-electron chi connectivity index (χ0n) is 13.8. The van der Waals surface area contributed by atoms with E-state index in [1.165, 1.54) is 4.90 Å². The molecule has 0 aromatic heterocycles. The molecule has 0 atom stereocenters. The van der Waals surface area contributed by atoms with Gasteiger partial charge in [0.25, 0.3) is 11.8 Å². The van der Waals surface area contributed by atoms with E-state index in [0.29, 0.717) is 36.2 Å². The highest BCUT2D eigenvalue weighted by molar-refractivity contribution is 9.10. The number of nitrogens with zero attached hydrogens (tertiary/aromatic N) is 1. The van der Waals surface area contributed by atoms with Crippen LogP contribution in [-0.2, 0) is 0 Å². The van der Waals surface area contributed by atoms with E-state index in [1.807, 2.05) is 25.2 Å². The minimum Gasteiger partial charge on any atom is -0.388 e. The second-order valence-electron chi connectivity index (χ2n) is 5.83. The Hall–Kier alpha value is -2.47. The highest BCUT2D eigenvalue weighted by Gasteiger charge is 2.34. The fourth-order valence-corrected chi connectivity index (χ4v) is 3.34. The van der Waals surface area contributed by atoms with Crippen molar-refractivity contribution in [1.82, 2.24) is 4.90 Å². The standard InChI is InChI=1S/C19H18BrN3O2/c1-22-17-11-12(20)8-9-15(17)16(21)7-4-10-23-18(24)13-5-2-3-6-14(13)19(23)25/h2-3,5-6,8-9,11,21-22H,4,7,10H2,1H3. The van der Waals surface area contributed by atoms with Gasteiger partial charge in [-0.1, -0.05) is 28.1 Å². The maximum absolute atomic E-state index is 12.3. The van der Waals surface area contributed by atoms with Gasteiger partial charge in [0.2, 0.25) is 0 Å². The van der Waals surface area contributed by atoms with Crippen LogP contribution in [-0.4, -0.2) is 36.0 Å². The second-order valence-corrected chi connectivity index (χ2v) is 6.75. The van der Waals surface area contributed by atoms with Gasteiger partial charge in [0.1, 0.15) is 0 Å². The molecule has 3 rings (SSSR count). The summed E-state index contributed by atoms with van der Waals surface area (Å²) >= 11 is 3.42. The van der Waals surface area contributed by atoms with E-state index in [4.69, 9.17) is 5.41 Å². The quantitative estimate of drug-likeness (QED) is 0.570. The Bertz CT molecular complexity index is 828. The Morgan fingerprint density at radius 1 is 1.12 bits per heavy atom. The van der Waals surface area contributed by atoms with E-state index in [1.54, 1.807) is 24.3 Å². The van der Waals surface area contributed by atoms with Crippen LogP contribution < -0.4 is 5.32 Å². The number of anilines is 1. The van der Waals surface area contributed by atoms with Crippen LogP contribution in [0.15, 0.2) is 46.9 Å². The molecule has 25 heavy (non-hydrogen) atoms. The lowest BCUT2D eigenvalue weighted by molar-refractivity contribution is 0.0653. The van der Waals surface area contributed by atoms with Crippen molar-refractivity contribution in [3.05, 3.63) is 63.6 Å². The van der Waals surface area contributed by atoms with Crippen LogP contribution in [0.25, 0.3) is 0 Å². The predicted octanol–water partition coefficient (Wildman–Crippen LogP) is 3.94. The third-order valence-electron chi connectivity index (χ3n) is 4.26. The van der Waals surface area contributed by atoms with Crippen LogP contribution >= 0.6 is 15.9 Å². The van der Waals surface area contributed by atoms with Crippen LogP contribution in [0.2, 0.25) is 0 Å². The van der Waals surface area contributed by atoms with Crippen molar-refractivity contribution in [1.29, 1.82) is 5.41 Å². The van der Waals surface area contributed by atoms with Crippen molar-refractivity contribution in [2.45, 2.75) is 12.8 Å². The Labute approximate surface area is 154 Å². The number of carbonyl (C=O) groups is 2. The molecule has 0 bridgehead atoms. The van der Waals surface area contributed by atoms with E-state index < -0.39 is 0 Å². The molecule has 1 heterocycles. The molecule has 0 saturated heterocycles. The van der Waals surface area contributed by atoms with Gasteiger partial charge >= 0.3 is 0 Å². The lowest BCUT2D eigenvalue weighted by atomic mass is 10.0. The number of imide groups is 1. The second kappa shape index (κ2) is 7.19. The molecule has 2 aromatic carbocycles. The number of amides is 2. The van der Waals surface area contributed by atoms with Crippen molar-refractivity contribution in [3.63, 3.8) is 0 Å². The van der Waals surface area contributed by atoms with Crippen molar-refractivity contribution < 1.29 is 9.59 Å². The maximum atomic E-state index is 12.3. The molecule has 0 aliphatic carbocycles. The molecule has 2 N–H and O–H groups in total. The summed E-state index contributed by atoms with van der Waals surface area (Å²) in [6, 6.07) is 12.6. The number of hydrogen-bond acceptors (Lipinski definition) is 4. The average Bonchev–Trinajstić information content (AvgIpc) is 2.86. The summed E-state index contributed by atoms with van der Waals surface area (Å²) in [5.74, 6) is -0.488. The van der Waals surface area contributed by atoms with Gasteiger partial charge in [0.05, 0.1) is 11.1 Å². The third kappa shape index (κ3) is 3.35. The Morgan fingerprint density at radius 2 is 1.76 bits per heavy atom. The van der Waals surface area contributed by atoms with Gasteiger partial charge in [-0.15, -0.1) is 0 Å². The van der Waals surface area contributed by atoms with Crippen molar-refractivity contribution in [2.24, 2.45) is 0 Å². The molecule has 1 aliphatic rings. The lowest BCUT2D eigenvalue weighted by Crippen LogP contribution is -2.31. The van der Waals surface area contributed by atoms with Gasteiger partial charge in [0, 0.05) is 35.0 Å². The zero-order chi connectivity index (χ0) is 18.0. The van der Waals surface area contributed by atoms with Crippen molar-refractivity contribution >= 4 is 39.1 Å². The van der Waals surface area contributed by atoms with E-state index >= 15 is 0 Å². The topological polar surface area (TPSA) is 73.3 Å². The normalized spacial score (nSPS) is 13.1. The van der Waals surface area contributed by atoms with Gasteiger partial charge < -0.3 is 10.7 Å². The van der Waals surface area contributed by atoms with Gasteiger partial charge in [0.15, 0.2) is 0 Å². The maximum Gasteiger partial charge on any atom is 0.261 e.